The van der Waals surface area contributed by atoms with E-state index in [1.165, 1.54) is 16.7 Å². The highest BCUT2D eigenvalue weighted by Crippen LogP contribution is 2.44. The maximum atomic E-state index is 12.8. The third-order valence-electron chi connectivity index (χ3n) is 5.55. The van der Waals surface area contributed by atoms with Gasteiger partial charge in [-0.2, -0.15) is 11.8 Å². The number of alkyl carbamates (subject to hydrolysis) is 1. The molecular formula is C24H28N2O5S. The second-order valence-corrected chi connectivity index (χ2v) is 8.56. The van der Waals surface area contributed by atoms with Crippen molar-refractivity contribution in [2.45, 2.75) is 25.3 Å². The van der Waals surface area contributed by atoms with Gasteiger partial charge in [-0.15, -0.1) is 0 Å². The number of hydrogen-bond donors (Lipinski definition) is 2. The predicted molar refractivity (Wildman–Crippen MR) is 125 cm³/mol. The summed E-state index contributed by atoms with van der Waals surface area (Å²) in [7, 11) is 0. The molecule has 7 nitrogen and oxygen atoms in total. The number of carbonyl (C=O) groups is 3. The number of rotatable bonds is 10. The monoisotopic (exact) mass is 456 g/mol. The molecule has 0 fully saturated rings. The minimum Gasteiger partial charge on any atom is -0.480 e. The molecule has 0 heterocycles. The molecule has 1 atom stereocenters. The molecule has 0 saturated carbocycles. The van der Waals surface area contributed by atoms with Crippen molar-refractivity contribution in [1.29, 1.82) is 0 Å². The van der Waals surface area contributed by atoms with Gasteiger partial charge in [-0.25, -0.2) is 4.79 Å². The standard InChI is InChI=1S/C24H28N2O5S/c1-3-21(23(29)26(12-13-32-2)14-22(27)28)25-24(30)31-15-20-18-10-6-4-8-16(18)17-9-5-7-11-19(17)20/h4-11,20-21H,3,12-15H2,1-2H3,(H,25,30)(H,27,28)/t21-/m0/s1. The quantitative estimate of drug-likeness (QED) is 0.567. The number of ether oxygens (including phenoxy) is 1. The highest BCUT2D eigenvalue weighted by atomic mass is 32.2. The fourth-order valence-electron chi connectivity index (χ4n) is 3.97. The Labute approximate surface area is 192 Å². The van der Waals surface area contributed by atoms with E-state index in [-0.39, 0.29) is 12.5 Å². The molecule has 2 amide bonds. The maximum absolute atomic E-state index is 12.8. The molecule has 3 rings (SSSR count). The van der Waals surface area contributed by atoms with Crippen LogP contribution in [0, 0.1) is 0 Å². The smallest absolute Gasteiger partial charge is 0.407 e. The third-order valence-corrected chi connectivity index (χ3v) is 6.14. The Hall–Kier alpha value is -3.00. The number of benzene rings is 2. The predicted octanol–water partition coefficient (Wildman–Crippen LogP) is 3.58. The van der Waals surface area contributed by atoms with Crippen molar-refractivity contribution in [2.24, 2.45) is 0 Å². The first-order valence-corrected chi connectivity index (χ1v) is 12.0. The summed E-state index contributed by atoms with van der Waals surface area (Å²) in [5, 5.41) is 11.7. The van der Waals surface area contributed by atoms with Gasteiger partial charge in [-0.3, -0.25) is 9.59 Å². The minimum atomic E-state index is -1.09. The van der Waals surface area contributed by atoms with E-state index in [0.29, 0.717) is 18.7 Å². The second-order valence-electron chi connectivity index (χ2n) is 7.58. The zero-order chi connectivity index (χ0) is 23.1. The fourth-order valence-corrected chi connectivity index (χ4v) is 4.38. The van der Waals surface area contributed by atoms with Crippen molar-refractivity contribution in [3.63, 3.8) is 0 Å². The van der Waals surface area contributed by atoms with Crippen molar-refractivity contribution in [3.8, 4) is 11.1 Å². The Kier molecular flexibility index (Phi) is 8.16. The number of amides is 2. The van der Waals surface area contributed by atoms with Gasteiger partial charge in [0.2, 0.25) is 5.91 Å². The lowest BCUT2D eigenvalue weighted by Crippen LogP contribution is -2.50. The maximum Gasteiger partial charge on any atom is 0.407 e. The first-order chi connectivity index (χ1) is 15.5. The molecule has 8 heteroatoms. The van der Waals surface area contributed by atoms with Crippen molar-refractivity contribution in [2.75, 3.05) is 31.7 Å². The van der Waals surface area contributed by atoms with Crippen molar-refractivity contribution in [3.05, 3.63) is 59.7 Å². The molecular weight excluding hydrogens is 428 g/mol. The van der Waals surface area contributed by atoms with Crippen LogP contribution in [0.4, 0.5) is 4.79 Å². The lowest BCUT2D eigenvalue weighted by Gasteiger charge is -2.26. The average Bonchev–Trinajstić information content (AvgIpc) is 3.12. The Morgan fingerprint density at radius 3 is 2.22 bits per heavy atom. The summed E-state index contributed by atoms with van der Waals surface area (Å²) in [5.74, 6) is -0.970. The highest BCUT2D eigenvalue weighted by molar-refractivity contribution is 7.98. The van der Waals surface area contributed by atoms with Gasteiger partial charge in [-0.05, 0) is 34.9 Å². The van der Waals surface area contributed by atoms with Gasteiger partial charge in [0.25, 0.3) is 0 Å². The van der Waals surface area contributed by atoms with Crippen molar-refractivity contribution >= 4 is 29.7 Å². The van der Waals surface area contributed by atoms with Gasteiger partial charge in [0.1, 0.15) is 19.2 Å². The van der Waals surface area contributed by atoms with Gasteiger partial charge in [0.15, 0.2) is 0 Å². The third kappa shape index (κ3) is 5.43. The van der Waals surface area contributed by atoms with Gasteiger partial charge < -0.3 is 20.1 Å². The number of thioether (sulfide) groups is 1. The summed E-state index contributed by atoms with van der Waals surface area (Å²) >= 11 is 1.52. The molecule has 0 spiro atoms. The van der Waals surface area contributed by atoms with Crippen molar-refractivity contribution < 1.29 is 24.2 Å². The van der Waals surface area contributed by atoms with Gasteiger partial charge in [0.05, 0.1) is 0 Å². The minimum absolute atomic E-state index is 0.0750. The summed E-state index contributed by atoms with van der Waals surface area (Å²) in [6.45, 7) is 1.81. The molecule has 0 aromatic heterocycles. The zero-order valence-corrected chi connectivity index (χ0v) is 19.1. The van der Waals surface area contributed by atoms with Crippen LogP contribution in [0.5, 0.6) is 0 Å². The molecule has 1 aliphatic carbocycles. The van der Waals surface area contributed by atoms with E-state index in [1.54, 1.807) is 6.92 Å². The van der Waals surface area contributed by atoms with E-state index in [4.69, 9.17) is 9.84 Å². The van der Waals surface area contributed by atoms with Crippen LogP contribution in [-0.4, -0.2) is 65.7 Å². The zero-order valence-electron chi connectivity index (χ0n) is 18.2. The van der Waals surface area contributed by atoms with Crippen molar-refractivity contribution in [1.82, 2.24) is 10.2 Å². The van der Waals surface area contributed by atoms with Gasteiger partial charge in [-0.1, -0.05) is 55.5 Å². The van der Waals surface area contributed by atoms with Crippen LogP contribution in [0.3, 0.4) is 0 Å². The molecule has 0 bridgehead atoms. The van der Waals surface area contributed by atoms with Crippen LogP contribution < -0.4 is 5.32 Å². The van der Waals surface area contributed by atoms with Crippen LogP contribution in [0.25, 0.3) is 11.1 Å². The van der Waals surface area contributed by atoms with Crippen LogP contribution in [0.2, 0.25) is 0 Å². The Bertz CT molecular complexity index is 935. The Morgan fingerprint density at radius 2 is 1.69 bits per heavy atom. The molecule has 2 aromatic carbocycles. The second kappa shape index (κ2) is 11.0. The molecule has 0 aliphatic heterocycles. The van der Waals surface area contributed by atoms with E-state index in [2.05, 4.69) is 17.4 Å². The van der Waals surface area contributed by atoms with E-state index in [9.17, 15) is 14.4 Å². The molecule has 170 valence electrons. The van der Waals surface area contributed by atoms with Crippen LogP contribution in [-0.2, 0) is 14.3 Å². The average molecular weight is 457 g/mol. The number of hydrogen-bond acceptors (Lipinski definition) is 5. The van der Waals surface area contributed by atoms with Gasteiger partial charge in [0, 0.05) is 18.2 Å². The van der Waals surface area contributed by atoms with Crippen LogP contribution in [0.1, 0.15) is 30.4 Å². The summed E-state index contributed by atoms with van der Waals surface area (Å²) in [4.78, 5) is 37.8. The molecule has 1 aliphatic rings. The number of nitrogens with zero attached hydrogens (tertiary/aromatic N) is 1. The first kappa shape index (κ1) is 23.7. The summed E-state index contributed by atoms with van der Waals surface area (Å²) in [6.07, 6.45) is 1.53. The molecule has 2 aromatic rings. The summed E-state index contributed by atoms with van der Waals surface area (Å²) < 4.78 is 5.52. The topological polar surface area (TPSA) is 95.9 Å². The summed E-state index contributed by atoms with van der Waals surface area (Å²) in [5.41, 5.74) is 4.48. The van der Waals surface area contributed by atoms with E-state index in [1.807, 2.05) is 42.7 Å². The number of nitrogens with one attached hydrogen (secondary N) is 1. The lowest BCUT2D eigenvalue weighted by molar-refractivity contribution is -0.145. The fraction of sp³-hybridized carbons (Fsp3) is 0.375. The normalized spacial score (nSPS) is 13.1. The number of carboxylic acids is 1. The molecule has 32 heavy (non-hydrogen) atoms. The summed E-state index contributed by atoms with van der Waals surface area (Å²) in [6, 6.07) is 15.3. The molecule has 2 N–H and O–H groups in total. The SMILES string of the molecule is CC[C@H](NC(=O)OCC1c2ccccc2-c2ccccc21)C(=O)N(CCSC)CC(=O)O. The van der Waals surface area contributed by atoms with Gasteiger partial charge >= 0.3 is 12.1 Å². The Morgan fingerprint density at radius 1 is 1.09 bits per heavy atom. The van der Waals surface area contributed by atoms with E-state index < -0.39 is 30.6 Å². The largest absolute Gasteiger partial charge is 0.480 e. The van der Waals surface area contributed by atoms with Crippen LogP contribution in [0.15, 0.2) is 48.5 Å². The highest BCUT2D eigenvalue weighted by Gasteiger charge is 2.30. The first-order valence-electron chi connectivity index (χ1n) is 10.6. The van der Waals surface area contributed by atoms with E-state index >= 15 is 0 Å². The van der Waals surface area contributed by atoms with Crippen LogP contribution >= 0.6 is 11.8 Å². The molecule has 0 radical (unpaired) electrons. The Balaban J connectivity index is 1.64. The number of aliphatic carboxylic acids is 1. The number of fused-ring (bicyclic) bond motifs is 3. The lowest BCUT2D eigenvalue weighted by atomic mass is 9.98. The van der Waals surface area contributed by atoms with E-state index in [0.717, 1.165) is 22.3 Å². The molecule has 0 saturated heterocycles. The number of carboxylic acid groups (broad SMARTS) is 1. The number of carbonyl (C=O) groups excluding carboxylic acids is 2. The molecule has 0 unspecified atom stereocenters.